The van der Waals surface area contributed by atoms with Gasteiger partial charge in [-0.2, -0.15) is 0 Å². The summed E-state index contributed by atoms with van der Waals surface area (Å²) in [4.78, 5) is 1.82. The summed E-state index contributed by atoms with van der Waals surface area (Å²) in [6.45, 7) is 0. The predicted octanol–water partition coefficient (Wildman–Crippen LogP) is 1.96. The fourth-order valence-corrected chi connectivity index (χ4v) is 5.60. The molecular weight excluding hydrogens is 372 g/mol. The zero-order valence-electron chi connectivity index (χ0n) is 9.64. The van der Waals surface area contributed by atoms with Crippen molar-refractivity contribution in [3.8, 4) is 0 Å². The van der Waals surface area contributed by atoms with Gasteiger partial charge in [0.05, 0.1) is 34.3 Å². The fourth-order valence-electron chi connectivity index (χ4n) is 2.56. The van der Waals surface area contributed by atoms with E-state index >= 15 is 0 Å². The maximum Gasteiger partial charge on any atom is 0.174 e. The van der Waals surface area contributed by atoms with Crippen LogP contribution in [0.1, 0.15) is 0 Å². The van der Waals surface area contributed by atoms with Crippen molar-refractivity contribution in [3.63, 3.8) is 0 Å². The van der Waals surface area contributed by atoms with Gasteiger partial charge in [-0.05, 0) is 30.4 Å². The lowest BCUT2D eigenvalue weighted by Crippen LogP contribution is -2.37. The third-order valence-corrected chi connectivity index (χ3v) is 6.18. The summed E-state index contributed by atoms with van der Waals surface area (Å²) in [6, 6.07) is 5.17. The summed E-state index contributed by atoms with van der Waals surface area (Å²) in [6.07, 6.45) is 0. The number of hydrogen-bond acceptors (Lipinski definition) is 3. The van der Waals surface area contributed by atoms with Gasteiger partial charge in [0, 0.05) is 4.47 Å². The third-order valence-electron chi connectivity index (χ3n) is 3.35. The number of anilines is 1. The van der Waals surface area contributed by atoms with Crippen LogP contribution in [-0.2, 0) is 9.84 Å². The fraction of sp³-hybridized carbons (Fsp3) is 0.364. The summed E-state index contributed by atoms with van der Waals surface area (Å²) in [5.74, 6) is 0.236. The topological polar surface area (TPSA) is 49.4 Å². The maximum absolute atomic E-state index is 11.7. The SMILES string of the molecule is O=S1(=O)CC2NC(=S)N(c3ccc(Br)cc3Cl)C2C1. The molecule has 3 rings (SSSR count). The highest BCUT2D eigenvalue weighted by atomic mass is 79.9. The second kappa shape index (κ2) is 4.58. The van der Waals surface area contributed by atoms with Gasteiger partial charge in [0.25, 0.3) is 0 Å². The molecule has 2 aliphatic heterocycles. The van der Waals surface area contributed by atoms with Crippen LogP contribution >= 0.6 is 39.7 Å². The molecule has 102 valence electrons. The van der Waals surface area contributed by atoms with E-state index in [0.29, 0.717) is 10.1 Å². The number of benzene rings is 1. The molecule has 8 heteroatoms. The first-order chi connectivity index (χ1) is 8.87. The molecule has 0 saturated carbocycles. The lowest BCUT2D eigenvalue weighted by atomic mass is 10.1. The molecule has 19 heavy (non-hydrogen) atoms. The van der Waals surface area contributed by atoms with Crippen molar-refractivity contribution in [2.24, 2.45) is 0 Å². The van der Waals surface area contributed by atoms with Crippen LogP contribution in [0.5, 0.6) is 0 Å². The minimum atomic E-state index is -3.01. The van der Waals surface area contributed by atoms with Crippen LogP contribution in [0.4, 0.5) is 5.69 Å². The van der Waals surface area contributed by atoms with E-state index in [4.69, 9.17) is 23.8 Å². The van der Waals surface area contributed by atoms with Crippen LogP contribution < -0.4 is 10.2 Å². The van der Waals surface area contributed by atoms with Crippen molar-refractivity contribution in [1.29, 1.82) is 0 Å². The number of halogens is 2. The van der Waals surface area contributed by atoms with E-state index < -0.39 is 9.84 Å². The highest BCUT2D eigenvalue weighted by molar-refractivity contribution is 9.10. The van der Waals surface area contributed by atoms with E-state index in [1.165, 1.54) is 0 Å². The molecule has 4 nitrogen and oxygen atoms in total. The van der Waals surface area contributed by atoms with Crippen molar-refractivity contribution in [2.75, 3.05) is 16.4 Å². The van der Waals surface area contributed by atoms with Crippen LogP contribution in [0.25, 0.3) is 0 Å². The molecule has 0 radical (unpaired) electrons. The van der Waals surface area contributed by atoms with Crippen LogP contribution in [-0.4, -0.2) is 37.1 Å². The normalized spacial score (nSPS) is 28.3. The summed E-state index contributed by atoms with van der Waals surface area (Å²) in [5, 5.41) is 4.15. The van der Waals surface area contributed by atoms with Crippen molar-refractivity contribution >= 4 is 60.4 Å². The van der Waals surface area contributed by atoms with Gasteiger partial charge in [-0.15, -0.1) is 0 Å². The molecule has 0 spiro atoms. The standard InChI is InChI=1S/C11H10BrClN2O2S2/c12-6-1-2-9(7(13)3-6)15-10-5-19(16,17)4-8(10)14-11(15)18/h1-3,8,10H,4-5H2,(H,14,18). The highest BCUT2D eigenvalue weighted by Crippen LogP contribution is 2.35. The number of fused-ring (bicyclic) bond motifs is 1. The van der Waals surface area contributed by atoms with E-state index in [1.807, 2.05) is 17.0 Å². The van der Waals surface area contributed by atoms with Crippen molar-refractivity contribution in [2.45, 2.75) is 12.1 Å². The Balaban J connectivity index is 2.02. The third kappa shape index (κ3) is 2.37. The van der Waals surface area contributed by atoms with Gasteiger partial charge in [0.15, 0.2) is 14.9 Å². The van der Waals surface area contributed by atoms with Crippen LogP contribution in [0.2, 0.25) is 5.02 Å². The number of thiocarbonyl (C=S) groups is 1. The molecule has 0 amide bonds. The van der Waals surface area contributed by atoms with E-state index in [0.717, 1.165) is 10.2 Å². The van der Waals surface area contributed by atoms with Crippen LogP contribution in [0, 0.1) is 0 Å². The zero-order chi connectivity index (χ0) is 13.8. The average Bonchev–Trinajstić information content (AvgIpc) is 2.70. The van der Waals surface area contributed by atoms with E-state index in [2.05, 4.69) is 21.2 Å². The Kier molecular flexibility index (Phi) is 3.28. The van der Waals surface area contributed by atoms with Gasteiger partial charge in [0.2, 0.25) is 0 Å². The first-order valence-electron chi connectivity index (χ1n) is 5.62. The first kappa shape index (κ1) is 13.6. The van der Waals surface area contributed by atoms with Crippen molar-refractivity contribution in [3.05, 3.63) is 27.7 Å². The molecule has 1 aromatic rings. The van der Waals surface area contributed by atoms with Crippen LogP contribution in [0.3, 0.4) is 0 Å². The van der Waals surface area contributed by atoms with Gasteiger partial charge < -0.3 is 10.2 Å². The van der Waals surface area contributed by atoms with Gasteiger partial charge >= 0.3 is 0 Å². The average molecular weight is 382 g/mol. The van der Waals surface area contributed by atoms with Crippen molar-refractivity contribution in [1.82, 2.24) is 5.32 Å². The van der Waals surface area contributed by atoms with E-state index in [-0.39, 0.29) is 23.6 Å². The molecule has 1 N–H and O–H groups in total. The van der Waals surface area contributed by atoms with E-state index in [1.54, 1.807) is 6.07 Å². The molecule has 2 heterocycles. The maximum atomic E-state index is 11.7. The Labute approximate surface area is 130 Å². The second-order valence-corrected chi connectivity index (χ2v) is 8.53. The highest BCUT2D eigenvalue weighted by Gasteiger charge is 2.48. The molecule has 0 aromatic heterocycles. The van der Waals surface area contributed by atoms with E-state index in [9.17, 15) is 8.42 Å². The molecule has 0 bridgehead atoms. The largest absolute Gasteiger partial charge is 0.356 e. The molecule has 0 aliphatic carbocycles. The minimum absolute atomic E-state index is 0.108. The van der Waals surface area contributed by atoms with Gasteiger partial charge in [0.1, 0.15) is 0 Å². The number of sulfone groups is 1. The number of rotatable bonds is 1. The summed E-state index contributed by atoms with van der Waals surface area (Å²) < 4.78 is 24.3. The van der Waals surface area contributed by atoms with Gasteiger partial charge in [-0.25, -0.2) is 8.42 Å². The smallest absolute Gasteiger partial charge is 0.174 e. The number of hydrogen-bond donors (Lipinski definition) is 1. The zero-order valence-corrected chi connectivity index (χ0v) is 13.6. The Hall–Kier alpha value is -0.370. The van der Waals surface area contributed by atoms with Crippen molar-refractivity contribution < 1.29 is 8.42 Å². The molecule has 1 aromatic carbocycles. The Morgan fingerprint density at radius 2 is 2.16 bits per heavy atom. The molecule has 2 atom stereocenters. The lowest BCUT2D eigenvalue weighted by molar-refractivity contribution is 0.600. The van der Waals surface area contributed by atoms with Gasteiger partial charge in [-0.3, -0.25) is 0 Å². The summed E-state index contributed by atoms with van der Waals surface area (Å²) >= 11 is 14.9. The minimum Gasteiger partial charge on any atom is -0.356 e. The Bertz CT molecular complexity index is 665. The van der Waals surface area contributed by atoms with Gasteiger partial charge in [-0.1, -0.05) is 27.5 Å². The monoisotopic (exact) mass is 380 g/mol. The Morgan fingerprint density at radius 3 is 2.84 bits per heavy atom. The molecular formula is C11H10BrClN2O2S2. The quantitative estimate of drug-likeness (QED) is 0.754. The van der Waals surface area contributed by atoms with Crippen LogP contribution in [0.15, 0.2) is 22.7 Å². The molecule has 2 saturated heterocycles. The number of nitrogens with one attached hydrogen (secondary N) is 1. The molecule has 2 unspecified atom stereocenters. The lowest BCUT2D eigenvalue weighted by Gasteiger charge is -2.24. The Morgan fingerprint density at radius 1 is 1.42 bits per heavy atom. The molecule has 2 fully saturated rings. The predicted molar refractivity (Wildman–Crippen MR) is 83.6 cm³/mol. The number of nitrogens with zero attached hydrogens (tertiary/aromatic N) is 1. The summed E-state index contributed by atoms with van der Waals surface area (Å²) in [5.41, 5.74) is 0.743. The summed E-state index contributed by atoms with van der Waals surface area (Å²) in [7, 11) is -3.01. The molecule has 2 aliphatic rings. The second-order valence-electron chi connectivity index (χ2n) is 4.67. The first-order valence-corrected chi connectivity index (χ1v) is 9.03.